The number of nitrogens with zero attached hydrogens (tertiary/aromatic N) is 1. The van der Waals surface area contributed by atoms with Crippen molar-refractivity contribution in [3.8, 4) is 0 Å². The summed E-state index contributed by atoms with van der Waals surface area (Å²) in [6.45, 7) is 4.97. The van der Waals surface area contributed by atoms with Crippen LogP contribution in [-0.2, 0) is 4.79 Å². The summed E-state index contributed by atoms with van der Waals surface area (Å²) in [7, 11) is 0. The van der Waals surface area contributed by atoms with Gasteiger partial charge in [0, 0.05) is 10.2 Å². The predicted molar refractivity (Wildman–Crippen MR) is 80.2 cm³/mol. The number of hydrogen-bond donors (Lipinski definition) is 1. The van der Waals surface area contributed by atoms with Gasteiger partial charge in [-0.2, -0.15) is 0 Å². The number of carboxylic acid groups (broad SMARTS) is 1. The van der Waals surface area contributed by atoms with Crippen LogP contribution in [0.4, 0.5) is 4.39 Å². The Morgan fingerprint density at radius 3 is 2.52 bits per heavy atom. The van der Waals surface area contributed by atoms with Crippen LogP contribution >= 0.6 is 11.3 Å². The van der Waals surface area contributed by atoms with E-state index in [0.717, 1.165) is 4.70 Å². The molecule has 0 spiro atoms. The van der Waals surface area contributed by atoms with Crippen LogP contribution in [0.25, 0.3) is 10.1 Å². The largest absolute Gasteiger partial charge is 0.480 e. The Hall–Kier alpha value is -1.95. The summed E-state index contributed by atoms with van der Waals surface area (Å²) in [6, 6.07) is 5.92. The minimum atomic E-state index is -1.06. The third kappa shape index (κ3) is 3.39. The maximum absolute atomic E-state index is 13.2. The molecular formula is C15H16FNO3S. The monoisotopic (exact) mass is 309 g/mol. The lowest BCUT2D eigenvalue weighted by molar-refractivity contribution is -0.138. The maximum Gasteiger partial charge on any atom is 0.323 e. The van der Waals surface area contributed by atoms with Gasteiger partial charge in [0.05, 0.1) is 4.88 Å². The number of carboxylic acids is 1. The van der Waals surface area contributed by atoms with Crippen LogP contribution in [0.3, 0.4) is 0 Å². The molecule has 1 aromatic heterocycles. The number of carbonyl (C=O) groups excluding carboxylic acids is 1. The first-order valence-electron chi connectivity index (χ1n) is 6.41. The first-order valence-corrected chi connectivity index (χ1v) is 7.23. The van der Waals surface area contributed by atoms with Gasteiger partial charge in [-0.1, -0.05) is 0 Å². The van der Waals surface area contributed by atoms with Crippen LogP contribution in [0.5, 0.6) is 0 Å². The summed E-state index contributed by atoms with van der Waals surface area (Å²) in [6.07, 6.45) is 0. The highest BCUT2D eigenvalue weighted by Crippen LogP contribution is 2.28. The van der Waals surface area contributed by atoms with Gasteiger partial charge in [-0.3, -0.25) is 9.59 Å². The smallest absolute Gasteiger partial charge is 0.323 e. The van der Waals surface area contributed by atoms with Crippen molar-refractivity contribution >= 4 is 33.3 Å². The van der Waals surface area contributed by atoms with E-state index in [-0.39, 0.29) is 18.3 Å². The van der Waals surface area contributed by atoms with Crippen LogP contribution < -0.4 is 0 Å². The van der Waals surface area contributed by atoms with E-state index in [1.165, 1.54) is 28.4 Å². The van der Waals surface area contributed by atoms with Crippen LogP contribution in [0.15, 0.2) is 24.3 Å². The van der Waals surface area contributed by atoms with Crippen molar-refractivity contribution in [1.29, 1.82) is 0 Å². The Bertz CT molecular complexity index is 702. The lowest BCUT2D eigenvalue weighted by Crippen LogP contribution is -2.48. The van der Waals surface area contributed by atoms with Crippen LogP contribution in [0.1, 0.15) is 30.4 Å². The number of aliphatic carboxylic acids is 1. The van der Waals surface area contributed by atoms with Gasteiger partial charge in [0.25, 0.3) is 5.91 Å². The van der Waals surface area contributed by atoms with Gasteiger partial charge in [-0.05, 0) is 50.4 Å². The Morgan fingerprint density at radius 1 is 1.29 bits per heavy atom. The van der Waals surface area contributed by atoms with E-state index in [9.17, 15) is 14.0 Å². The summed E-state index contributed by atoms with van der Waals surface area (Å²) < 4.78 is 14.0. The number of thiophene rings is 1. The molecule has 0 aliphatic rings. The Labute approximate surface area is 125 Å². The van der Waals surface area contributed by atoms with E-state index in [1.807, 2.05) is 0 Å². The Morgan fingerprint density at radius 2 is 1.95 bits per heavy atom. The van der Waals surface area contributed by atoms with Gasteiger partial charge in [0.15, 0.2) is 0 Å². The van der Waals surface area contributed by atoms with Crippen molar-refractivity contribution in [2.24, 2.45) is 0 Å². The molecule has 0 radical (unpaired) electrons. The fourth-order valence-electron chi connectivity index (χ4n) is 2.00. The molecule has 0 saturated heterocycles. The van der Waals surface area contributed by atoms with Crippen molar-refractivity contribution in [1.82, 2.24) is 4.90 Å². The van der Waals surface area contributed by atoms with E-state index in [4.69, 9.17) is 5.11 Å². The van der Waals surface area contributed by atoms with Crippen molar-refractivity contribution in [3.05, 3.63) is 35.0 Å². The van der Waals surface area contributed by atoms with Crippen LogP contribution in [0, 0.1) is 5.82 Å². The normalized spacial score (nSPS) is 11.6. The fraction of sp³-hybridized carbons (Fsp3) is 0.333. The minimum absolute atomic E-state index is 0.355. The molecule has 1 heterocycles. The molecular weight excluding hydrogens is 293 g/mol. The number of fused-ring (bicyclic) bond motifs is 1. The zero-order valence-electron chi connectivity index (χ0n) is 12.0. The highest BCUT2D eigenvalue weighted by molar-refractivity contribution is 7.20. The second-order valence-electron chi connectivity index (χ2n) is 5.75. The molecule has 4 nitrogen and oxygen atoms in total. The molecule has 21 heavy (non-hydrogen) atoms. The van der Waals surface area contributed by atoms with E-state index in [1.54, 1.807) is 32.9 Å². The molecule has 112 valence electrons. The zero-order valence-corrected chi connectivity index (χ0v) is 12.8. The Kier molecular flexibility index (Phi) is 4.00. The minimum Gasteiger partial charge on any atom is -0.480 e. The highest BCUT2D eigenvalue weighted by atomic mass is 32.1. The summed E-state index contributed by atoms with van der Waals surface area (Å²) in [5, 5.41) is 9.62. The van der Waals surface area contributed by atoms with Gasteiger partial charge in [0.2, 0.25) is 0 Å². The summed E-state index contributed by atoms with van der Waals surface area (Å²) in [4.78, 5) is 25.2. The molecule has 0 aliphatic carbocycles. The molecule has 0 bridgehead atoms. The molecule has 0 atom stereocenters. The maximum atomic E-state index is 13.2. The van der Waals surface area contributed by atoms with Crippen LogP contribution in [-0.4, -0.2) is 34.0 Å². The standard InChI is InChI=1S/C15H16FNO3S/c1-15(2,3)17(8-13(18)19)14(20)12-7-9-6-10(16)4-5-11(9)21-12/h4-7H,8H2,1-3H3,(H,18,19). The van der Waals surface area contributed by atoms with Crippen molar-refractivity contribution in [2.45, 2.75) is 26.3 Å². The molecule has 6 heteroatoms. The number of rotatable bonds is 3. The van der Waals surface area contributed by atoms with E-state index >= 15 is 0 Å². The second kappa shape index (κ2) is 5.44. The molecule has 0 aliphatic heterocycles. The molecule has 1 amide bonds. The topological polar surface area (TPSA) is 57.6 Å². The summed E-state index contributed by atoms with van der Waals surface area (Å²) in [5.74, 6) is -1.78. The third-order valence-electron chi connectivity index (χ3n) is 3.04. The zero-order chi connectivity index (χ0) is 15.8. The predicted octanol–water partition coefficient (Wildman–Crippen LogP) is 3.37. The highest BCUT2D eigenvalue weighted by Gasteiger charge is 2.30. The molecule has 2 rings (SSSR count). The number of amides is 1. The average Bonchev–Trinajstić information content (AvgIpc) is 2.76. The number of hydrogen-bond acceptors (Lipinski definition) is 3. The third-order valence-corrected chi connectivity index (χ3v) is 4.14. The average molecular weight is 309 g/mol. The van der Waals surface area contributed by atoms with Crippen LogP contribution in [0.2, 0.25) is 0 Å². The van der Waals surface area contributed by atoms with Gasteiger partial charge in [-0.25, -0.2) is 4.39 Å². The second-order valence-corrected chi connectivity index (χ2v) is 6.83. The van der Waals surface area contributed by atoms with Gasteiger partial charge >= 0.3 is 5.97 Å². The van der Waals surface area contributed by atoms with Crippen molar-refractivity contribution < 1.29 is 19.1 Å². The molecule has 1 aromatic carbocycles. The lowest BCUT2D eigenvalue weighted by atomic mass is 10.1. The fourth-order valence-corrected chi connectivity index (χ4v) is 2.99. The Balaban J connectivity index is 2.40. The molecule has 0 fully saturated rings. The number of benzene rings is 1. The molecule has 2 aromatic rings. The molecule has 1 N–H and O–H groups in total. The van der Waals surface area contributed by atoms with Gasteiger partial charge < -0.3 is 10.0 Å². The van der Waals surface area contributed by atoms with Gasteiger partial charge in [-0.15, -0.1) is 11.3 Å². The first-order chi connectivity index (χ1) is 9.68. The number of carbonyl (C=O) groups is 2. The van der Waals surface area contributed by atoms with Crippen molar-refractivity contribution in [3.63, 3.8) is 0 Å². The molecule has 0 unspecified atom stereocenters. The summed E-state index contributed by atoms with van der Waals surface area (Å²) in [5.41, 5.74) is -0.614. The van der Waals surface area contributed by atoms with E-state index in [2.05, 4.69) is 0 Å². The van der Waals surface area contributed by atoms with E-state index < -0.39 is 11.5 Å². The first kappa shape index (κ1) is 15.4. The quantitative estimate of drug-likeness (QED) is 0.945. The van der Waals surface area contributed by atoms with E-state index in [0.29, 0.717) is 10.3 Å². The van der Waals surface area contributed by atoms with Gasteiger partial charge in [0.1, 0.15) is 12.4 Å². The lowest BCUT2D eigenvalue weighted by Gasteiger charge is -2.34. The van der Waals surface area contributed by atoms with Crippen molar-refractivity contribution in [2.75, 3.05) is 6.54 Å². The number of halogens is 1. The molecule has 0 saturated carbocycles. The SMILES string of the molecule is CC(C)(C)N(CC(=O)O)C(=O)c1cc2cc(F)ccc2s1. The summed E-state index contributed by atoms with van der Waals surface area (Å²) >= 11 is 1.23.